The van der Waals surface area contributed by atoms with E-state index in [1.54, 1.807) is 36.7 Å². The van der Waals surface area contributed by atoms with Crippen LogP contribution in [0.3, 0.4) is 0 Å². The van der Waals surface area contributed by atoms with E-state index in [2.05, 4.69) is 0 Å². The molecule has 1 aliphatic rings. The molecule has 1 aliphatic heterocycles. The summed E-state index contributed by atoms with van der Waals surface area (Å²) in [4.78, 5) is 26.1. The van der Waals surface area contributed by atoms with Crippen LogP contribution in [-0.2, 0) is 9.59 Å². The maximum atomic E-state index is 12.6. The van der Waals surface area contributed by atoms with Crippen molar-refractivity contribution < 1.29 is 19.9 Å². The van der Waals surface area contributed by atoms with Gasteiger partial charge in [-0.25, -0.2) is 5.48 Å². The lowest BCUT2D eigenvalue weighted by Crippen LogP contribution is -2.48. The van der Waals surface area contributed by atoms with Gasteiger partial charge in [0, 0.05) is 11.1 Å². The fraction of sp³-hybridized carbons (Fsp3) is 0.389. The van der Waals surface area contributed by atoms with Crippen LogP contribution in [0.5, 0.6) is 0 Å². The highest BCUT2D eigenvalue weighted by Crippen LogP contribution is 2.39. The van der Waals surface area contributed by atoms with Gasteiger partial charge in [-0.15, -0.1) is 0 Å². The summed E-state index contributed by atoms with van der Waals surface area (Å²) in [6, 6.07) is 5.16. The van der Waals surface area contributed by atoms with E-state index < -0.39 is 29.7 Å². The summed E-state index contributed by atoms with van der Waals surface area (Å²) in [5, 5.41) is 26.7. The lowest BCUT2D eigenvalue weighted by Gasteiger charge is -2.33. The van der Waals surface area contributed by atoms with E-state index in [9.17, 15) is 14.7 Å². The van der Waals surface area contributed by atoms with Gasteiger partial charge in [-0.1, -0.05) is 44.0 Å². The molecule has 2 atom stereocenters. The van der Waals surface area contributed by atoms with Gasteiger partial charge in [0.05, 0.1) is 6.04 Å². The first kappa shape index (κ1) is 19.5. The molecule has 1 aromatic carbocycles. The molecule has 1 aromatic rings. The number of amidine groups is 1. The second-order valence-corrected chi connectivity index (χ2v) is 6.32. The minimum atomic E-state index is -0.912. The highest BCUT2D eigenvalue weighted by Gasteiger charge is 2.44. The molecule has 0 aliphatic carbocycles. The molecule has 0 radical (unpaired) electrons. The Kier molecular flexibility index (Phi) is 5.99. The standard InChI is InChI=1S/C18H24N4O4/c1-3-4-5-13(17(24)21-26)22-14(10(2)15(23)18(22)25)11-6-8-12(9-7-11)16(19)20/h6-9,13-14,23,26H,3-5H2,1-2H3,(H3,19,20)(H,21,24). The number of carbonyl (C=O) groups is 2. The number of carbonyl (C=O) groups excluding carboxylic acids is 2. The van der Waals surface area contributed by atoms with Crippen molar-refractivity contribution in [3.8, 4) is 0 Å². The highest BCUT2D eigenvalue weighted by molar-refractivity contribution is 5.99. The Bertz CT molecular complexity index is 742. The van der Waals surface area contributed by atoms with E-state index in [4.69, 9.17) is 16.4 Å². The van der Waals surface area contributed by atoms with Crippen LogP contribution in [0.25, 0.3) is 0 Å². The molecule has 26 heavy (non-hydrogen) atoms. The number of amides is 2. The average molecular weight is 360 g/mol. The second kappa shape index (κ2) is 8.01. The third-order valence-electron chi connectivity index (χ3n) is 4.62. The van der Waals surface area contributed by atoms with Gasteiger partial charge < -0.3 is 15.7 Å². The molecule has 0 spiro atoms. The van der Waals surface area contributed by atoms with E-state index in [0.717, 1.165) is 6.42 Å². The zero-order valence-electron chi connectivity index (χ0n) is 14.8. The van der Waals surface area contributed by atoms with Gasteiger partial charge >= 0.3 is 0 Å². The molecular weight excluding hydrogens is 336 g/mol. The fourth-order valence-electron chi connectivity index (χ4n) is 3.19. The van der Waals surface area contributed by atoms with Crippen LogP contribution in [0.1, 0.15) is 50.3 Å². The summed E-state index contributed by atoms with van der Waals surface area (Å²) in [6.07, 6.45) is 1.85. The van der Waals surface area contributed by atoms with Crippen molar-refractivity contribution in [2.24, 2.45) is 5.73 Å². The van der Waals surface area contributed by atoms with Gasteiger partial charge in [0.1, 0.15) is 11.9 Å². The van der Waals surface area contributed by atoms with Crippen molar-refractivity contribution in [2.75, 3.05) is 0 Å². The van der Waals surface area contributed by atoms with Crippen LogP contribution in [0.2, 0.25) is 0 Å². The van der Waals surface area contributed by atoms with Crippen LogP contribution in [0.4, 0.5) is 0 Å². The number of hydrogen-bond acceptors (Lipinski definition) is 5. The van der Waals surface area contributed by atoms with Gasteiger partial charge in [-0.3, -0.25) is 20.2 Å². The van der Waals surface area contributed by atoms with Crippen LogP contribution in [-0.4, -0.2) is 38.9 Å². The van der Waals surface area contributed by atoms with Gasteiger partial charge in [0.2, 0.25) is 0 Å². The maximum Gasteiger partial charge on any atom is 0.290 e. The lowest BCUT2D eigenvalue weighted by atomic mass is 9.97. The molecular formula is C18H24N4O4. The fourth-order valence-corrected chi connectivity index (χ4v) is 3.19. The number of nitrogens with zero attached hydrogens (tertiary/aromatic N) is 1. The van der Waals surface area contributed by atoms with Gasteiger partial charge in [-0.05, 0) is 18.9 Å². The molecule has 0 aromatic heterocycles. The normalized spacial score (nSPS) is 18.2. The van der Waals surface area contributed by atoms with Gasteiger partial charge in [0.15, 0.2) is 5.76 Å². The van der Waals surface area contributed by atoms with Crippen LogP contribution in [0.15, 0.2) is 35.6 Å². The summed E-state index contributed by atoms with van der Waals surface area (Å²) in [7, 11) is 0. The first-order valence-corrected chi connectivity index (χ1v) is 8.44. The summed E-state index contributed by atoms with van der Waals surface area (Å²) >= 11 is 0. The number of unbranched alkanes of at least 4 members (excludes halogenated alkanes) is 1. The van der Waals surface area contributed by atoms with E-state index in [1.807, 2.05) is 6.92 Å². The van der Waals surface area contributed by atoms with E-state index in [-0.39, 0.29) is 5.84 Å². The molecule has 8 heteroatoms. The minimum absolute atomic E-state index is 0.0773. The number of benzene rings is 1. The predicted molar refractivity (Wildman–Crippen MR) is 95.6 cm³/mol. The van der Waals surface area contributed by atoms with Crippen LogP contribution in [0, 0.1) is 5.41 Å². The molecule has 2 amide bonds. The molecule has 0 saturated heterocycles. The molecule has 1 heterocycles. The van der Waals surface area contributed by atoms with E-state index in [0.29, 0.717) is 29.5 Å². The molecule has 0 fully saturated rings. The second-order valence-electron chi connectivity index (χ2n) is 6.32. The smallest absolute Gasteiger partial charge is 0.290 e. The first-order valence-electron chi connectivity index (χ1n) is 8.44. The first-order chi connectivity index (χ1) is 12.3. The average Bonchev–Trinajstić information content (AvgIpc) is 2.86. The number of nitrogens with one attached hydrogen (secondary N) is 2. The summed E-state index contributed by atoms with van der Waals surface area (Å²) in [6.45, 7) is 3.59. The zero-order chi connectivity index (χ0) is 19.4. The minimum Gasteiger partial charge on any atom is -0.503 e. The number of nitrogen functional groups attached to an aromatic ring is 1. The van der Waals surface area contributed by atoms with Crippen molar-refractivity contribution in [2.45, 2.75) is 45.2 Å². The Morgan fingerprint density at radius 3 is 2.50 bits per heavy atom. The zero-order valence-corrected chi connectivity index (χ0v) is 14.8. The van der Waals surface area contributed by atoms with Crippen molar-refractivity contribution in [3.63, 3.8) is 0 Å². The number of hydrogen-bond donors (Lipinski definition) is 5. The van der Waals surface area contributed by atoms with Crippen molar-refractivity contribution in [3.05, 3.63) is 46.7 Å². The van der Waals surface area contributed by atoms with Crippen LogP contribution < -0.4 is 11.2 Å². The molecule has 2 unspecified atom stereocenters. The molecule has 0 bridgehead atoms. The molecule has 6 N–H and O–H groups in total. The van der Waals surface area contributed by atoms with Crippen molar-refractivity contribution in [1.29, 1.82) is 5.41 Å². The predicted octanol–water partition coefficient (Wildman–Crippen LogP) is 1.75. The molecule has 140 valence electrons. The van der Waals surface area contributed by atoms with Crippen molar-refractivity contribution in [1.82, 2.24) is 10.4 Å². The van der Waals surface area contributed by atoms with Crippen LogP contribution >= 0.6 is 0 Å². The summed E-state index contributed by atoms with van der Waals surface area (Å²) in [5.41, 5.74) is 8.72. The maximum absolute atomic E-state index is 12.6. The quantitative estimate of drug-likeness (QED) is 0.218. The van der Waals surface area contributed by atoms with Crippen molar-refractivity contribution >= 4 is 17.6 Å². The Morgan fingerprint density at radius 2 is 2.00 bits per heavy atom. The molecule has 0 saturated carbocycles. The number of aliphatic hydroxyl groups excluding tert-OH is 1. The SMILES string of the molecule is CCCCC(C(=O)NO)N1C(=O)C(O)=C(C)C1c1ccc(C(=N)N)cc1. The Balaban J connectivity index is 2.46. The summed E-state index contributed by atoms with van der Waals surface area (Å²) < 4.78 is 0. The summed E-state index contributed by atoms with van der Waals surface area (Å²) in [5.74, 6) is -1.81. The Labute approximate surface area is 151 Å². The third-order valence-corrected chi connectivity index (χ3v) is 4.62. The monoisotopic (exact) mass is 360 g/mol. The van der Waals surface area contributed by atoms with E-state index >= 15 is 0 Å². The van der Waals surface area contributed by atoms with E-state index in [1.165, 1.54) is 4.90 Å². The Hall–Kier alpha value is -2.87. The van der Waals surface area contributed by atoms with Gasteiger partial charge in [-0.2, -0.15) is 0 Å². The molecule has 8 nitrogen and oxygen atoms in total. The lowest BCUT2D eigenvalue weighted by molar-refractivity contribution is -0.144. The highest BCUT2D eigenvalue weighted by atomic mass is 16.5. The largest absolute Gasteiger partial charge is 0.503 e. The number of rotatable bonds is 7. The number of nitrogens with two attached hydrogens (primary N) is 1. The Morgan fingerprint density at radius 1 is 1.38 bits per heavy atom. The topological polar surface area (TPSA) is 140 Å². The third kappa shape index (κ3) is 3.55. The van der Waals surface area contributed by atoms with Gasteiger partial charge in [0.25, 0.3) is 11.8 Å². The number of aliphatic hydroxyl groups is 1. The number of hydroxylamine groups is 1. The molecule has 2 rings (SSSR count).